The molecule has 3 nitrogen and oxygen atoms in total. The smallest absolute Gasteiger partial charge is 0.160 e. The Bertz CT molecular complexity index is 3220. The van der Waals surface area contributed by atoms with E-state index in [4.69, 9.17) is 14.4 Å². The van der Waals surface area contributed by atoms with E-state index in [2.05, 4.69) is 170 Å². The molecule has 0 saturated carbocycles. The Labute approximate surface area is 324 Å². The van der Waals surface area contributed by atoms with E-state index in [1.807, 2.05) is 24.3 Å². The van der Waals surface area contributed by atoms with Crippen molar-refractivity contribution in [2.45, 2.75) is 6.42 Å². The summed E-state index contributed by atoms with van der Waals surface area (Å²) in [5, 5.41) is 9.89. The maximum Gasteiger partial charge on any atom is 0.160 e. The minimum absolute atomic E-state index is 0.673. The van der Waals surface area contributed by atoms with Crippen molar-refractivity contribution in [1.82, 2.24) is 0 Å². The quantitative estimate of drug-likeness (QED) is 0.164. The van der Waals surface area contributed by atoms with Gasteiger partial charge in [0.05, 0.1) is 11.4 Å². The molecular weight excluding hydrogens is 681 g/mol. The highest BCUT2D eigenvalue weighted by molar-refractivity contribution is 6.25. The average molecular weight is 715 g/mol. The summed E-state index contributed by atoms with van der Waals surface area (Å²) >= 11 is 0. The van der Waals surface area contributed by atoms with Gasteiger partial charge in [0.1, 0.15) is 11.2 Å². The molecule has 0 fully saturated rings. The van der Waals surface area contributed by atoms with E-state index >= 15 is 0 Å². The Morgan fingerprint density at radius 3 is 1.54 bits per heavy atom. The maximum absolute atomic E-state index is 6.50. The molecule has 0 amide bonds. The number of benzene rings is 9. The second-order valence-electron chi connectivity index (χ2n) is 14.5. The molecule has 0 N–H and O–H groups in total. The lowest BCUT2D eigenvalue weighted by Gasteiger charge is -2.12. The standard InChI is InChI=1S/C53H34N2O/c1-3-12-34(13-4-1)49-27-28-50(55-53(54-49)35-14-5-2-6-15-35)40-23-26-46-48-32-39(24-29-51(48)56-52(46)33-40)37-17-11-16-36(30-37)38-22-25-45-43-20-8-7-18-41(43)42-19-9-10-21-44(42)47(45)31-38/h1-26,28-33H,27H2. The molecule has 0 saturated heterocycles. The Hall–Kier alpha value is -7.36. The second kappa shape index (κ2) is 13.2. The number of hydrogen-bond donors (Lipinski definition) is 0. The van der Waals surface area contributed by atoms with Crippen molar-refractivity contribution < 1.29 is 4.42 Å². The van der Waals surface area contributed by atoms with Crippen molar-refractivity contribution in [3.8, 4) is 22.3 Å². The van der Waals surface area contributed by atoms with Gasteiger partial charge in [-0.3, -0.25) is 0 Å². The Morgan fingerprint density at radius 2 is 0.839 bits per heavy atom. The number of fused-ring (bicyclic) bond motifs is 9. The minimum atomic E-state index is 0.673. The minimum Gasteiger partial charge on any atom is -0.456 e. The number of amidine groups is 1. The summed E-state index contributed by atoms with van der Waals surface area (Å²) in [6.07, 6.45) is 2.85. The molecule has 3 heteroatoms. The molecule has 10 aromatic rings. The summed E-state index contributed by atoms with van der Waals surface area (Å²) in [5.41, 5.74) is 11.4. The van der Waals surface area contributed by atoms with Gasteiger partial charge < -0.3 is 4.42 Å². The highest BCUT2D eigenvalue weighted by Crippen LogP contribution is 2.39. The molecule has 1 aliphatic heterocycles. The van der Waals surface area contributed by atoms with Crippen LogP contribution in [0.15, 0.2) is 209 Å². The molecule has 0 bridgehead atoms. The highest BCUT2D eigenvalue weighted by atomic mass is 16.3. The van der Waals surface area contributed by atoms with E-state index in [0.29, 0.717) is 12.3 Å². The molecule has 2 heterocycles. The van der Waals surface area contributed by atoms with Gasteiger partial charge in [0.15, 0.2) is 5.84 Å². The fourth-order valence-corrected chi connectivity index (χ4v) is 8.34. The monoisotopic (exact) mass is 714 g/mol. The van der Waals surface area contributed by atoms with Crippen LogP contribution in [0.4, 0.5) is 0 Å². The number of furan rings is 1. The molecule has 1 aliphatic rings. The van der Waals surface area contributed by atoms with Crippen LogP contribution in [0.5, 0.6) is 0 Å². The summed E-state index contributed by atoms with van der Waals surface area (Å²) in [7, 11) is 0. The summed E-state index contributed by atoms with van der Waals surface area (Å²) in [4.78, 5) is 10.2. The van der Waals surface area contributed by atoms with Gasteiger partial charge in [-0.2, -0.15) is 0 Å². The van der Waals surface area contributed by atoms with Crippen LogP contribution in [0.25, 0.3) is 82.2 Å². The molecule has 0 atom stereocenters. The van der Waals surface area contributed by atoms with Crippen molar-refractivity contribution in [3.63, 3.8) is 0 Å². The largest absolute Gasteiger partial charge is 0.456 e. The lowest BCUT2D eigenvalue weighted by Crippen LogP contribution is -2.04. The van der Waals surface area contributed by atoms with Crippen LogP contribution < -0.4 is 0 Å². The predicted octanol–water partition coefficient (Wildman–Crippen LogP) is 14.1. The van der Waals surface area contributed by atoms with E-state index in [1.54, 1.807) is 0 Å². The number of rotatable bonds is 5. The molecule has 1 aromatic heterocycles. The van der Waals surface area contributed by atoms with E-state index in [0.717, 1.165) is 55.6 Å². The normalized spacial score (nSPS) is 13.2. The highest BCUT2D eigenvalue weighted by Gasteiger charge is 2.16. The SMILES string of the molecule is C1=C(c2ccc3c(c2)oc2ccc(-c4cccc(-c5ccc6c7ccccc7c7ccccc7c6c5)c4)cc23)N=C(c2ccccc2)N=C(c2ccccc2)C1. The summed E-state index contributed by atoms with van der Waals surface area (Å²) in [5.74, 6) is 0.704. The predicted molar refractivity (Wildman–Crippen MR) is 236 cm³/mol. The number of nitrogens with zero attached hydrogens (tertiary/aromatic N) is 2. The third-order valence-electron chi connectivity index (χ3n) is 11.1. The van der Waals surface area contributed by atoms with Crippen molar-refractivity contribution >= 4 is 71.5 Å². The molecule has 0 unspecified atom stereocenters. The van der Waals surface area contributed by atoms with E-state index in [-0.39, 0.29) is 0 Å². The van der Waals surface area contributed by atoms with Crippen LogP contribution in [-0.4, -0.2) is 11.5 Å². The first-order valence-electron chi connectivity index (χ1n) is 19.1. The van der Waals surface area contributed by atoms with Gasteiger partial charge in [0.2, 0.25) is 0 Å². The summed E-state index contributed by atoms with van der Waals surface area (Å²) in [6, 6.07) is 66.8. The Morgan fingerprint density at radius 1 is 0.321 bits per heavy atom. The average Bonchev–Trinajstić information content (AvgIpc) is 3.48. The summed E-state index contributed by atoms with van der Waals surface area (Å²) in [6.45, 7) is 0. The van der Waals surface area contributed by atoms with Crippen LogP contribution in [0, 0.1) is 0 Å². The van der Waals surface area contributed by atoms with Gasteiger partial charge in [-0.1, -0.05) is 158 Å². The van der Waals surface area contributed by atoms with E-state index in [1.165, 1.54) is 49.0 Å². The third kappa shape index (κ3) is 5.52. The number of aliphatic imine (C=N–C) groups is 2. The molecule has 56 heavy (non-hydrogen) atoms. The van der Waals surface area contributed by atoms with E-state index in [9.17, 15) is 0 Å². The van der Waals surface area contributed by atoms with Crippen LogP contribution in [-0.2, 0) is 0 Å². The van der Waals surface area contributed by atoms with Crippen molar-refractivity contribution in [2.24, 2.45) is 9.98 Å². The van der Waals surface area contributed by atoms with E-state index < -0.39 is 0 Å². The second-order valence-corrected chi connectivity index (χ2v) is 14.5. The van der Waals surface area contributed by atoms with Crippen LogP contribution in [0.3, 0.4) is 0 Å². The fraction of sp³-hybridized carbons (Fsp3) is 0.0189. The number of hydrogen-bond acceptors (Lipinski definition) is 3. The van der Waals surface area contributed by atoms with Gasteiger partial charge in [0, 0.05) is 28.3 Å². The van der Waals surface area contributed by atoms with Crippen molar-refractivity contribution in [2.75, 3.05) is 0 Å². The van der Waals surface area contributed by atoms with Crippen LogP contribution in [0.1, 0.15) is 23.1 Å². The topological polar surface area (TPSA) is 37.9 Å². The molecule has 0 spiro atoms. The van der Waals surface area contributed by atoms with Gasteiger partial charge in [0.25, 0.3) is 0 Å². The molecule has 0 radical (unpaired) electrons. The zero-order chi connectivity index (χ0) is 37.0. The van der Waals surface area contributed by atoms with Crippen molar-refractivity contribution in [1.29, 1.82) is 0 Å². The maximum atomic E-state index is 6.50. The number of allylic oxidation sites excluding steroid dienone is 1. The van der Waals surface area contributed by atoms with Gasteiger partial charge in [-0.05, 0) is 96.5 Å². The molecular formula is C53H34N2O. The molecule has 0 aliphatic carbocycles. The lowest BCUT2D eigenvalue weighted by molar-refractivity contribution is 0.669. The first-order valence-corrected chi connectivity index (χ1v) is 19.1. The first kappa shape index (κ1) is 32.1. The fourth-order valence-electron chi connectivity index (χ4n) is 8.34. The zero-order valence-corrected chi connectivity index (χ0v) is 30.5. The van der Waals surface area contributed by atoms with Gasteiger partial charge >= 0.3 is 0 Å². The van der Waals surface area contributed by atoms with Gasteiger partial charge in [-0.15, -0.1) is 0 Å². The summed E-state index contributed by atoms with van der Waals surface area (Å²) < 4.78 is 6.50. The van der Waals surface area contributed by atoms with Crippen molar-refractivity contribution in [3.05, 3.63) is 211 Å². The first-order chi connectivity index (χ1) is 27.7. The lowest BCUT2D eigenvalue weighted by atomic mass is 9.91. The molecule has 9 aromatic carbocycles. The molecule has 262 valence electrons. The Kier molecular flexibility index (Phi) is 7.56. The zero-order valence-electron chi connectivity index (χ0n) is 30.5. The van der Waals surface area contributed by atoms with Crippen LogP contribution >= 0.6 is 0 Å². The van der Waals surface area contributed by atoms with Gasteiger partial charge in [-0.25, -0.2) is 9.98 Å². The Balaban J connectivity index is 0.957. The van der Waals surface area contributed by atoms with Crippen LogP contribution in [0.2, 0.25) is 0 Å². The third-order valence-corrected chi connectivity index (χ3v) is 11.1. The molecule has 11 rings (SSSR count).